The first-order chi connectivity index (χ1) is 15.6. The predicted molar refractivity (Wildman–Crippen MR) is 126 cm³/mol. The molecule has 4 atom stereocenters. The molecule has 2 aromatic rings. The van der Waals surface area contributed by atoms with E-state index in [4.69, 9.17) is 0 Å². The van der Waals surface area contributed by atoms with Gasteiger partial charge in [0.2, 0.25) is 5.91 Å². The third kappa shape index (κ3) is 4.74. The number of rotatable bonds is 3. The van der Waals surface area contributed by atoms with E-state index in [1.54, 1.807) is 6.20 Å². The molecule has 0 spiro atoms. The molecule has 2 unspecified atom stereocenters. The average Bonchev–Trinajstić information content (AvgIpc) is 3.19. The molecule has 2 aliphatic heterocycles. The summed E-state index contributed by atoms with van der Waals surface area (Å²) in [6.07, 6.45) is 1.79. The number of likely N-dealkylation sites (tertiary alicyclic amines) is 1. The van der Waals surface area contributed by atoms with Gasteiger partial charge in [-0.1, -0.05) is 12.1 Å². The van der Waals surface area contributed by atoms with Crippen molar-refractivity contribution < 1.29 is 13.6 Å². The Morgan fingerprint density at radius 3 is 2.27 bits per heavy atom. The smallest absolute Gasteiger partial charge is 0.227 e. The van der Waals surface area contributed by atoms with Gasteiger partial charge in [0.1, 0.15) is 17.5 Å². The van der Waals surface area contributed by atoms with Gasteiger partial charge < -0.3 is 9.80 Å². The second-order valence-corrected chi connectivity index (χ2v) is 10.5. The largest absolute Gasteiger partial charge is 0.348 e. The van der Waals surface area contributed by atoms with Crippen LogP contribution in [0.5, 0.6) is 0 Å². The van der Waals surface area contributed by atoms with Crippen molar-refractivity contribution in [1.82, 2.24) is 14.8 Å². The first kappa shape index (κ1) is 23.6. The maximum atomic E-state index is 14.8. The fourth-order valence-corrected chi connectivity index (χ4v) is 5.41. The minimum absolute atomic E-state index is 0.0508. The number of hydrogen-bond acceptors (Lipinski definition) is 4. The summed E-state index contributed by atoms with van der Waals surface area (Å²) < 4.78 is 28.3. The summed E-state index contributed by atoms with van der Waals surface area (Å²) in [5.41, 5.74) is 0.275. The summed E-state index contributed by atoms with van der Waals surface area (Å²) in [5, 5.41) is 0. The summed E-state index contributed by atoms with van der Waals surface area (Å²) in [5.74, 6) is -0.888. The number of aromatic nitrogens is 1. The fraction of sp³-hybridized carbons (Fsp3) is 0.538. The number of pyridine rings is 1. The second kappa shape index (κ2) is 9.01. The molecule has 0 saturated carbocycles. The van der Waals surface area contributed by atoms with Crippen molar-refractivity contribution in [3.8, 4) is 0 Å². The molecule has 3 heterocycles. The third-order valence-electron chi connectivity index (χ3n) is 7.09. The zero-order chi connectivity index (χ0) is 23.9. The van der Waals surface area contributed by atoms with Crippen LogP contribution in [0, 0.1) is 17.6 Å². The first-order valence-corrected chi connectivity index (χ1v) is 11.7. The van der Waals surface area contributed by atoms with Crippen molar-refractivity contribution >= 4 is 11.7 Å². The van der Waals surface area contributed by atoms with Crippen molar-refractivity contribution in [3.05, 3.63) is 59.8 Å². The highest BCUT2D eigenvalue weighted by molar-refractivity contribution is 5.81. The lowest BCUT2D eigenvalue weighted by molar-refractivity contribution is -0.137. The lowest BCUT2D eigenvalue weighted by Gasteiger charge is -2.46. The van der Waals surface area contributed by atoms with Crippen LogP contribution in [0.1, 0.15) is 46.1 Å². The quantitative estimate of drug-likeness (QED) is 0.691. The van der Waals surface area contributed by atoms with Gasteiger partial charge in [0.05, 0.1) is 5.92 Å². The number of nitrogens with zero attached hydrogens (tertiary/aromatic N) is 4. The van der Waals surface area contributed by atoms with Crippen molar-refractivity contribution in [2.45, 2.75) is 58.2 Å². The maximum Gasteiger partial charge on any atom is 0.227 e. The van der Waals surface area contributed by atoms with Crippen molar-refractivity contribution in [1.29, 1.82) is 0 Å². The van der Waals surface area contributed by atoms with Gasteiger partial charge >= 0.3 is 0 Å². The zero-order valence-electron chi connectivity index (χ0n) is 20.1. The number of carbonyl (C=O) groups excluding carboxylic acids is 1. The van der Waals surface area contributed by atoms with Gasteiger partial charge in [-0.3, -0.25) is 9.69 Å². The Bertz CT molecular complexity index is 982. The van der Waals surface area contributed by atoms with Gasteiger partial charge in [-0.15, -0.1) is 0 Å². The van der Waals surface area contributed by atoms with E-state index in [1.165, 1.54) is 12.1 Å². The van der Waals surface area contributed by atoms with Gasteiger partial charge in [-0.2, -0.15) is 0 Å². The van der Waals surface area contributed by atoms with E-state index < -0.39 is 11.6 Å². The van der Waals surface area contributed by atoms with E-state index in [1.807, 2.05) is 23.1 Å². The Morgan fingerprint density at radius 2 is 1.70 bits per heavy atom. The lowest BCUT2D eigenvalue weighted by Crippen LogP contribution is -2.59. The van der Waals surface area contributed by atoms with Crippen molar-refractivity contribution in [2.75, 3.05) is 31.1 Å². The molecular weight excluding hydrogens is 422 g/mol. The molecular formula is C26H34F2N4O. The van der Waals surface area contributed by atoms with Gasteiger partial charge in [0.15, 0.2) is 0 Å². The molecule has 0 N–H and O–H groups in total. The average molecular weight is 457 g/mol. The van der Waals surface area contributed by atoms with Gasteiger partial charge in [-0.05, 0) is 58.4 Å². The topological polar surface area (TPSA) is 39.7 Å². The Labute approximate surface area is 195 Å². The van der Waals surface area contributed by atoms with Crippen LogP contribution in [-0.2, 0) is 4.79 Å². The molecule has 178 valence electrons. The van der Waals surface area contributed by atoms with Crippen molar-refractivity contribution in [3.63, 3.8) is 0 Å². The monoisotopic (exact) mass is 456 g/mol. The minimum atomic E-state index is -0.599. The van der Waals surface area contributed by atoms with Crippen molar-refractivity contribution in [2.24, 2.45) is 5.92 Å². The molecule has 1 aromatic heterocycles. The number of hydrogen-bond donors (Lipinski definition) is 0. The molecule has 2 saturated heterocycles. The minimum Gasteiger partial charge on any atom is -0.348 e. The summed E-state index contributed by atoms with van der Waals surface area (Å²) in [6.45, 7) is 12.8. The fourth-order valence-electron chi connectivity index (χ4n) is 5.41. The molecule has 0 radical (unpaired) electrons. The predicted octanol–water partition coefficient (Wildman–Crippen LogP) is 4.30. The number of halogens is 2. The maximum absolute atomic E-state index is 14.8. The van der Waals surface area contributed by atoms with E-state index in [9.17, 15) is 13.6 Å². The Morgan fingerprint density at radius 1 is 1.00 bits per heavy atom. The van der Waals surface area contributed by atoms with E-state index in [-0.39, 0.29) is 35.4 Å². The Hall–Kier alpha value is -2.54. The van der Waals surface area contributed by atoms with E-state index in [0.717, 1.165) is 11.9 Å². The lowest BCUT2D eigenvalue weighted by atomic mass is 9.87. The molecule has 5 nitrogen and oxygen atoms in total. The second-order valence-electron chi connectivity index (χ2n) is 10.5. The highest BCUT2D eigenvalue weighted by Crippen LogP contribution is 2.39. The molecule has 0 bridgehead atoms. The van der Waals surface area contributed by atoms with Crippen LogP contribution in [0.3, 0.4) is 0 Å². The highest BCUT2D eigenvalue weighted by atomic mass is 19.1. The van der Waals surface area contributed by atoms with Crippen LogP contribution in [0.15, 0.2) is 42.6 Å². The first-order valence-electron chi connectivity index (χ1n) is 11.7. The number of benzene rings is 1. The van der Waals surface area contributed by atoms with Gasteiger partial charge in [0, 0.05) is 62.0 Å². The van der Waals surface area contributed by atoms with E-state index in [2.05, 4.69) is 49.4 Å². The molecule has 1 amide bonds. The molecule has 2 fully saturated rings. The number of amides is 1. The van der Waals surface area contributed by atoms with E-state index in [0.29, 0.717) is 31.7 Å². The summed E-state index contributed by atoms with van der Waals surface area (Å²) in [7, 11) is 0. The molecule has 2 aliphatic rings. The van der Waals surface area contributed by atoms with E-state index >= 15 is 0 Å². The SMILES string of the molecule is C[C@@H]1CN(C(=O)C2CN(C(C)(C)C)CC2c2ccc(F)cc2F)C[C@H](C)N1c1ccccn1. The molecule has 0 aliphatic carbocycles. The van der Waals surface area contributed by atoms with Crippen LogP contribution in [0.4, 0.5) is 14.6 Å². The number of piperazine rings is 1. The van der Waals surface area contributed by atoms with Crippen LogP contribution in [0.25, 0.3) is 0 Å². The summed E-state index contributed by atoms with van der Waals surface area (Å²) >= 11 is 0. The van der Waals surface area contributed by atoms with Gasteiger partial charge in [0.25, 0.3) is 0 Å². The number of anilines is 1. The molecule has 7 heteroatoms. The summed E-state index contributed by atoms with van der Waals surface area (Å²) in [4.78, 5) is 24.8. The van der Waals surface area contributed by atoms with Crippen LogP contribution < -0.4 is 4.90 Å². The highest BCUT2D eigenvalue weighted by Gasteiger charge is 2.45. The van der Waals surface area contributed by atoms with Gasteiger partial charge in [-0.25, -0.2) is 13.8 Å². The summed E-state index contributed by atoms with van der Waals surface area (Å²) in [6, 6.07) is 9.79. The molecule has 1 aromatic carbocycles. The van der Waals surface area contributed by atoms with Crippen LogP contribution >= 0.6 is 0 Å². The van der Waals surface area contributed by atoms with Crippen LogP contribution in [-0.4, -0.2) is 64.5 Å². The molecule has 4 rings (SSSR count). The standard InChI is InChI=1S/C26H34F2N4O/c1-17-13-30(14-18(2)32(17)24-8-6-7-11-29-24)25(33)22-16-31(26(3,4)5)15-21(22)20-10-9-19(27)12-23(20)28/h6-12,17-18,21-22H,13-16H2,1-5H3/t17-,18+,21?,22?. The number of carbonyl (C=O) groups is 1. The molecule has 33 heavy (non-hydrogen) atoms. The Balaban J connectivity index is 1.58. The normalized spacial score (nSPS) is 26.6. The van der Waals surface area contributed by atoms with Crippen LogP contribution in [0.2, 0.25) is 0 Å². The Kier molecular flexibility index (Phi) is 6.45. The third-order valence-corrected chi connectivity index (χ3v) is 7.09. The zero-order valence-corrected chi connectivity index (χ0v) is 20.1.